The Morgan fingerprint density at radius 3 is 2.10 bits per heavy atom. The first kappa shape index (κ1) is 46.4. The molecule has 6 heterocycles. The van der Waals surface area contributed by atoms with Gasteiger partial charge in [-0.05, 0) is 48.6 Å². The largest absolute Gasteiger partial charge is 0.491 e. The molecule has 67 heavy (non-hydrogen) atoms. The van der Waals surface area contributed by atoms with Crippen LogP contribution in [0.25, 0.3) is 32.2 Å². The highest BCUT2D eigenvalue weighted by atomic mass is 35.5. The molecule has 0 spiro atoms. The number of aromatic nitrogens is 5. The quantitative estimate of drug-likeness (QED) is 0.109. The number of halogens is 1. The molecular weight excluding hydrogens is 942 g/mol. The molecule has 5 aromatic heterocycles. The van der Waals surface area contributed by atoms with Crippen LogP contribution in [0.1, 0.15) is 93.6 Å². The average Bonchev–Trinajstić information content (AvgIpc) is 4.14. The third kappa shape index (κ3) is 10.1. The lowest BCUT2D eigenvalue weighted by atomic mass is 9.76. The minimum absolute atomic E-state index is 0.0814. The van der Waals surface area contributed by atoms with Gasteiger partial charge in [0, 0.05) is 58.8 Å². The molecule has 3 aromatic carbocycles. The summed E-state index contributed by atoms with van der Waals surface area (Å²) >= 11 is 11.8. The number of para-hydroxylation sites is 2. The zero-order valence-corrected chi connectivity index (χ0v) is 42.2. The zero-order chi connectivity index (χ0) is 47.3. The van der Waals surface area contributed by atoms with Crippen molar-refractivity contribution >= 4 is 111 Å². The molecule has 18 heteroatoms. The summed E-state index contributed by atoms with van der Waals surface area (Å²) < 4.78 is 9.23. The second-order valence-electron chi connectivity index (χ2n) is 19.0. The summed E-state index contributed by atoms with van der Waals surface area (Å²) in [5.41, 5.74) is 6.26. The van der Waals surface area contributed by atoms with E-state index in [1.807, 2.05) is 81.4 Å². The Kier molecular flexibility index (Phi) is 12.7. The van der Waals surface area contributed by atoms with E-state index in [2.05, 4.69) is 69.4 Å². The van der Waals surface area contributed by atoms with Crippen LogP contribution >= 0.6 is 56.9 Å². The lowest BCUT2D eigenvalue weighted by Crippen LogP contribution is -2.36. The smallest absolute Gasteiger partial charge is 0.324 e. The summed E-state index contributed by atoms with van der Waals surface area (Å²) in [4.78, 5) is 61.5. The summed E-state index contributed by atoms with van der Waals surface area (Å²) in [5, 5.41) is 18.2. The first-order valence-electron chi connectivity index (χ1n) is 21.8. The van der Waals surface area contributed by atoms with Crippen LogP contribution in [0.3, 0.4) is 0 Å². The van der Waals surface area contributed by atoms with Crippen molar-refractivity contribution in [2.24, 2.45) is 0 Å². The molecule has 9 rings (SSSR count). The van der Waals surface area contributed by atoms with Crippen molar-refractivity contribution in [1.29, 1.82) is 0 Å². The highest BCUT2D eigenvalue weighted by molar-refractivity contribution is 7.21. The van der Waals surface area contributed by atoms with Gasteiger partial charge in [0.05, 0.1) is 52.4 Å². The number of fused-ring (bicyclic) bond motifs is 3. The number of amides is 4. The fraction of sp³-hybridized carbons (Fsp3) is 0.327. The lowest BCUT2D eigenvalue weighted by Gasteiger charge is -2.29. The Morgan fingerprint density at radius 2 is 1.40 bits per heavy atom. The number of thiazole rings is 3. The predicted octanol–water partition coefficient (Wildman–Crippen LogP) is 12.6. The monoisotopic (exact) mass is 991 g/mol. The summed E-state index contributed by atoms with van der Waals surface area (Å²) in [6, 6.07) is 19.1. The normalized spacial score (nSPS) is 13.3. The van der Waals surface area contributed by atoms with Gasteiger partial charge in [-0.3, -0.25) is 20.2 Å². The summed E-state index contributed by atoms with van der Waals surface area (Å²) in [5.74, 6) is 0.327. The molecule has 4 amide bonds. The maximum Gasteiger partial charge on any atom is 0.324 e. The van der Waals surface area contributed by atoms with Gasteiger partial charge >= 0.3 is 6.03 Å². The van der Waals surface area contributed by atoms with E-state index >= 15 is 0 Å². The molecule has 0 bridgehead atoms. The zero-order valence-electron chi connectivity index (χ0n) is 38.2. The Bertz CT molecular complexity index is 3160. The Hall–Kier alpha value is -5.72. The van der Waals surface area contributed by atoms with Crippen molar-refractivity contribution in [3.63, 3.8) is 0 Å². The Morgan fingerprint density at radius 1 is 0.761 bits per heavy atom. The molecule has 8 aromatic rings. The third-order valence-electron chi connectivity index (χ3n) is 12.0. The summed E-state index contributed by atoms with van der Waals surface area (Å²) in [7, 11) is 0. The number of nitrogens with zero attached hydrogens (tertiary/aromatic N) is 6. The first-order chi connectivity index (χ1) is 31.9. The van der Waals surface area contributed by atoms with Gasteiger partial charge in [-0.15, -0.1) is 45.3 Å². The lowest BCUT2D eigenvalue weighted by molar-refractivity contribution is -0.116. The number of thiophene rings is 1. The minimum Gasteiger partial charge on any atom is -0.491 e. The van der Waals surface area contributed by atoms with Crippen LogP contribution in [0, 0.1) is 0 Å². The van der Waals surface area contributed by atoms with Gasteiger partial charge in [-0.2, -0.15) is 0 Å². The maximum absolute atomic E-state index is 13.8. The van der Waals surface area contributed by atoms with Gasteiger partial charge in [0.2, 0.25) is 5.91 Å². The fourth-order valence-electron chi connectivity index (χ4n) is 7.85. The number of hydrogen-bond acceptors (Lipinski definition) is 12. The predicted molar refractivity (Wildman–Crippen MR) is 274 cm³/mol. The van der Waals surface area contributed by atoms with E-state index in [9.17, 15) is 14.4 Å². The van der Waals surface area contributed by atoms with E-state index in [-0.39, 0.29) is 40.6 Å². The van der Waals surface area contributed by atoms with Crippen LogP contribution < -0.4 is 20.7 Å². The molecule has 0 saturated heterocycles. The number of hydrogen-bond donors (Lipinski definition) is 3. The van der Waals surface area contributed by atoms with Crippen molar-refractivity contribution < 1.29 is 19.1 Å². The molecule has 0 radical (unpaired) electrons. The Labute approximate surface area is 409 Å². The number of benzene rings is 3. The third-order valence-corrected chi connectivity index (χ3v) is 15.7. The highest BCUT2D eigenvalue weighted by Crippen LogP contribution is 2.40. The molecule has 0 fully saturated rings. The standard InChI is InChI=1S/C49H50ClN9O4S4/c1-47(2,3)36-24-64-43(52-36)55-39(60)23-59-27-51-40-31(11-9-13-33(40)59)32-12-8-10-28-22-58(18-19-63-41(28)32)46(62)57-45-54-38(26-66-45)49(6,7)17-16-48(4,5)37-25-65-44(53-37)56-42(61)35-21-29-20-30(50)14-15-34(29)67-35/h8-15,20-21,24-27H,16-19,22-23H2,1-7H3,(H,52,55,60)(H,53,56,61)(H,54,57,62). The molecule has 346 valence electrons. The summed E-state index contributed by atoms with van der Waals surface area (Å²) in [6.45, 7) is 16.1. The number of anilines is 3. The van der Waals surface area contributed by atoms with E-state index in [1.54, 1.807) is 11.2 Å². The van der Waals surface area contributed by atoms with Gasteiger partial charge < -0.3 is 19.5 Å². The van der Waals surface area contributed by atoms with Gasteiger partial charge in [0.1, 0.15) is 18.9 Å². The van der Waals surface area contributed by atoms with Crippen LogP contribution in [0.15, 0.2) is 83.1 Å². The Balaban J connectivity index is 0.814. The van der Waals surface area contributed by atoms with Crippen molar-refractivity contribution in [2.75, 3.05) is 29.1 Å². The number of rotatable bonds is 12. The van der Waals surface area contributed by atoms with E-state index in [1.165, 1.54) is 45.3 Å². The summed E-state index contributed by atoms with van der Waals surface area (Å²) in [6.07, 6.45) is 3.33. The molecule has 0 unspecified atom stereocenters. The average molecular weight is 993 g/mol. The van der Waals surface area contributed by atoms with E-state index in [0.717, 1.165) is 67.7 Å². The number of imidazole rings is 1. The highest BCUT2D eigenvalue weighted by Gasteiger charge is 2.32. The van der Waals surface area contributed by atoms with Crippen molar-refractivity contribution in [1.82, 2.24) is 29.4 Å². The van der Waals surface area contributed by atoms with E-state index in [4.69, 9.17) is 31.3 Å². The maximum atomic E-state index is 13.8. The number of nitrogens with one attached hydrogen (secondary N) is 3. The van der Waals surface area contributed by atoms with Crippen molar-refractivity contribution in [3.05, 3.63) is 116 Å². The fourth-order valence-corrected chi connectivity index (χ4v) is 11.7. The first-order valence-corrected chi connectivity index (χ1v) is 25.7. The molecular formula is C49H50ClN9O4S4. The van der Waals surface area contributed by atoms with Gasteiger partial charge in [0.25, 0.3) is 5.91 Å². The van der Waals surface area contributed by atoms with Gasteiger partial charge in [-0.25, -0.2) is 24.7 Å². The van der Waals surface area contributed by atoms with Crippen LogP contribution in [0.5, 0.6) is 5.75 Å². The molecule has 0 aliphatic carbocycles. The molecule has 0 atom stereocenters. The van der Waals surface area contributed by atoms with E-state index < -0.39 is 0 Å². The molecule has 13 nitrogen and oxygen atoms in total. The van der Waals surface area contributed by atoms with E-state index in [0.29, 0.717) is 50.7 Å². The van der Waals surface area contributed by atoms with Crippen LogP contribution in [0.2, 0.25) is 5.02 Å². The molecule has 3 N–H and O–H groups in total. The molecule has 1 aliphatic heterocycles. The molecule has 1 aliphatic rings. The molecule has 0 saturated carbocycles. The SMILES string of the molecule is CC(C)(C)c1csc(NC(=O)Cn2cnc3c(-c4cccc5c4OCCN(C(=O)Nc4nc(C(C)(C)CCC(C)(C)c6csc(NC(=O)c7cc8cc(Cl)ccc8s7)n6)cs4)C5)cccc32)n1. The number of carbonyl (C=O) groups is 3. The van der Waals surface area contributed by atoms with Crippen LogP contribution in [-0.2, 0) is 34.1 Å². The topological polar surface area (TPSA) is 156 Å². The second-order valence-corrected chi connectivity index (χ2v) is 23.1. The van der Waals surface area contributed by atoms with Crippen LogP contribution in [0.4, 0.5) is 20.2 Å². The number of urea groups is 1. The second kappa shape index (κ2) is 18.4. The van der Waals surface area contributed by atoms with Crippen molar-refractivity contribution in [3.8, 4) is 16.9 Å². The van der Waals surface area contributed by atoms with Gasteiger partial charge in [-0.1, -0.05) is 90.4 Å². The number of carbonyl (C=O) groups excluding carboxylic acids is 3. The van der Waals surface area contributed by atoms with Gasteiger partial charge in [0.15, 0.2) is 15.4 Å². The van der Waals surface area contributed by atoms with Crippen LogP contribution in [-0.4, -0.2) is 60.4 Å². The van der Waals surface area contributed by atoms with Crippen molar-refractivity contribution in [2.45, 2.75) is 90.6 Å². The number of ether oxygens (including phenoxy) is 1. The minimum atomic E-state index is -0.289.